The zero-order chi connectivity index (χ0) is 12.8. The van der Waals surface area contributed by atoms with Crippen LogP contribution in [0, 0.1) is 0 Å². The van der Waals surface area contributed by atoms with Crippen molar-refractivity contribution in [2.24, 2.45) is 5.11 Å². The van der Waals surface area contributed by atoms with E-state index in [1.807, 2.05) is 18.2 Å². The first-order chi connectivity index (χ1) is 8.79. The Balaban J connectivity index is 1.81. The van der Waals surface area contributed by atoms with Crippen LogP contribution in [-0.2, 0) is 6.42 Å². The van der Waals surface area contributed by atoms with Gasteiger partial charge in [-0.3, -0.25) is 0 Å². The van der Waals surface area contributed by atoms with Crippen LogP contribution in [0.4, 0.5) is 0 Å². The fourth-order valence-corrected chi connectivity index (χ4v) is 2.32. The molecule has 0 amide bonds. The lowest BCUT2D eigenvalue weighted by Crippen LogP contribution is -2.46. The van der Waals surface area contributed by atoms with Crippen LogP contribution in [0.25, 0.3) is 10.4 Å². The van der Waals surface area contributed by atoms with Crippen LogP contribution in [0.3, 0.4) is 0 Å². The number of likely N-dealkylation sites (tertiary alicyclic amines) is 1. The molecule has 0 saturated carbocycles. The summed E-state index contributed by atoms with van der Waals surface area (Å²) in [4.78, 5) is 5.00. The van der Waals surface area contributed by atoms with Crippen LogP contribution in [-0.4, -0.2) is 41.8 Å². The Morgan fingerprint density at radius 2 is 2.17 bits per heavy atom. The van der Waals surface area contributed by atoms with E-state index in [2.05, 4.69) is 27.1 Å². The van der Waals surface area contributed by atoms with E-state index in [4.69, 9.17) is 5.53 Å². The van der Waals surface area contributed by atoms with Gasteiger partial charge in [0, 0.05) is 18.0 Å². The normalized spacial score (nSPS) is 24.5. The van der Waals surface area contributed by atoms with Gasteiger partial charge in [-0.25, -0.2) is 0 Å². The second-order valence-electron chi connectivity index (χ2n) is 4.66. The molecule has 0 aromatic heterocycles. The van der Waals surface area contributed by atoms with E-state index in [-0.39, 0.29) is 6.04 Å². The lowest BCUT2D eigenvalue weighted by Gasteiger charge is -2.33. The van der Waals surface area contributed by atoms with Gasteiger partial charge in [0.15, 0.2) is 0 Å². The van der Waals surface area contributed by atoms with Crippen molar-refractivity contribution in [3.05, 3.63) is 46.3 Å². The largest absolute Gasteiger partial charge is 0.391 e. The number of rotatable bonds is 4. The predicted octanol–water partition coefficient (Wildman–Crippen LogP) is 1.97. The van der Waals surface area contributed by atoms with Gasteiger partial charge in [0.25, 0.3) is 0 Å². The summed E-state index contributed by atoms with van der Waals surface area (Å²) in [5.74, 6) is 0. The van der Waals surface area contributed by atoms with Gasteiger partial charge in [0.1, 0.15) is 0 Å². The molecule has 1 heterocycles. The van der Waals surface area contributed by atoms with Gasteiger partial charge in [0.2, 0.25) is 0 Å². The summed E-state index contributed by atoms with van der Waals surface area (Å²) in [5.41, 5.74) is 9.70. The molecule has 0 bridgehead atoms. The molecule has 0 spiro atoms. The smallest absolute Gasteiger partial charge is 0.0752 e. The molecular formula is C13H18N4O. The summed E-state index contributed by atoms with van der Waals surface area (Å²) in [6.07, 6.45) is 1.19. The Labute approximate surface area is 107 Å². The zero-order valence-corrected chi connectivity index (χ0v) is 10.3. The van der Waals surface area contributed by atoms with Gasteiger partial charge in [0.05, 0.1) is 12.1 Å². The molecule has 18 heavy (non-hydrogen) atoms. The maximum absolute atomic E-state index is 9.86. The third-order valence-electron chi connectivity index (χ3n) is 3.39. The topological polar surface area (TPSA) is 72.2 Å². The highest BCUT2D eigenvalue weighted by Crippen LogP contribution is 2.15. The molecule has 1 aromatic carbocycles. The SMILES string of the molecule is [N-]=[N+]=N[C@@H]1CCN(CCc2ccccc2)C[C@H]1O. The van der Waals surface area contributed by atoms with E-state index in [9.17, 15) is 5.11 Å². The van der Waals surface area contributed by atoms with Gasteiger partial charge in [-0.1, -0.05) is 35.4 Å². The van der Waals surface area contributed by atoms with Crippen LogP contribution in [0.15, 0.2) is 35.4 Å². The van der Waals surface area contributed by atoms with Crippen molar-refractivity contribution < 1.29 is 5.11 Å². The number of aliphatic hydroxyl groups excluding tert-OH is 1. The summed E-state index contributed by atoms with van der Waals surface area (Å²) in [5, 5.41) is 13.5. The van der Waals surface area contributed by atoms with Gasteiger partial charge < -0.3 is 10.0 Å². The molecule has 2 rings (SSSR count). The number of nitrogens with zero attached hydrogens (tertiary/aromatic N) is 4. The Bertz CT molecular complexity index is 416. The molecule has 0 unspecified atom stereocenters. The van der Waals surface area contributed by atoms with E-state index < -0.39 is 6.10 Å². The zero-order valence-electron chi connectivity index (χ0n) is 10.3. The standard InChI is InChI=1S/C13H18N4O/c14-16-15-12-7-9-17(10-13(12)18)8-6-11-4-2-1-3-5-11/h1-5,12-13,18H,6-10H2/t12-,13-/m1/s1. The van der Waals surface area contributed by atoms with E-state index >= 15 is 0 Å². The molecule has 5 nitrogen and oxygen atoms in total. The van der Waals surface area contributed by atoms with Crippen LogP contribution >= 0.6 is 0 Å². The highest BCUT2D eigenvalue weighted by molar-refractivity contribution is 5.14. The van der Waals surface area contributed by atoms with Crippen LogP contribution in [0.5, 0.6) is 0 Å². The predicted molar refractivity (Wildman–Crippen MR) is 70.1 cm³/mol. The maximum atomic E-state index is 9.86. The molecule has 1 saturated heterocycles. The van der Waals surface area contributed by atoms with Crippen molar-refractivity contribution >= 4 is 0 Å². The fraction of sp³-hybridized carbons (Fsp3) is 0.538. The average Bonchev–Trinajstić information content (AvgIpc) is 2.41. The fourth-order valence-electron chi connectivity index (χ4n) is 2.32. The molecule has 96 valence electrons. The van der Waals surface area contributed by atoms with Gasteiger partial charge in [-0.05, 0) is 30.5 Å². The van der Waals surface area contributed by atoms with Gasteiger partial charge in [-0.15, -0.1) is 0 Å². The minimum absolute atomic E-state index is 0.261. The molecule has 1 aromatic rings. The van der Waals surface area contributed by atoms with Crippen molar-refractivity contribution in [2.75, 3.05) is 19.6 Å². The highest BCUT2D eigenvalue weighted by Gasteiger charge is 2.26. The van der Waals surface area contributed by atoms with Crippen LogP contribution in [0.2, 0.25) is 0 Å². The number of piperidine rings is 1. The number of azide groups is 1. The molecule has 0 aliphatic carbocycles. The van der Waals surface area contributed by atoms with E-state index in [0.717, 1.165) is 25.9 Å². The highest BCUT2D eigenvalue weighted by atomic mass is 16.3. The maximum Gasteiger partial charge on any atom is 0.0752 e. The Morgan fingerprint density at radius 3 is 2.83 bits per heavy atom. The van der Waals surface area contributed by atoms with Gasteiger partial charge in [-0.2, -0.15) is 0 Å². The second-order valence-corrected chi connectivity index (χ2v) is 4.66. The molecule has 1 N–H and O–H groups in total. The average molecular weight is 246 g/mol. The Morgan fingerprint density at radius 1 is 1.39 bits per heavy atom. The minimum Gasteiger partial charge on any atom is -0.391 e. The first-order valence-corrected chi connectivity index (χ1v) is 6.28. The molecule has 0 radical (unpaired) electrons. The quantitative estimate of drug-likeness (QED) is 0.501. The van der Waals surface area contributed by atoms with Crippen molar-refractivity contribution in [1.82, 2.24) is 4.90 Å². The second kappa shape index (κ2) is 6.40. The molecule has 1 aliphatic heterocycles. The summed E-state index contributed by atoms with van der Waals surface area (Å²) in [7, 11) is 0. The number of aliphatic hydroxyl groups is 1. The summed E-state index contributed by atoms with van der Waals surface area (Å²) < 4.78 is 0. The lowest BCUT2D eigenvalue weighted by molar-refractivity contribution is 0.0543. The third-order valence-corrected chi connectivity index (χ3v) is 3.39. The van der Waals surface area contributed by atoms with Crippen LogP contribution in [0.1, 0.15) is 12.0 Å². The van der Waals surface area contributed by atoms with Crippen molar-refractivity contribution in [1.29, 1.82) is 0 Å². The summed E-state index contributed by atoms with van der Waals surface area (Å²) >= 11 is 0. The van der Waals surface area contributed by atoms with E-state index in [1.54, 1.807) is 0 Å². The first kappa shape index (κ1) is 12.9. The minimum atomic E-state index is -0.537. The van der Waals surface area contributed by atoms with E-state index in [1.165, 1.54) is 5.56 Å². The Kier molecular flexibility index (Phi) is 4.59. The molecule has 5 heteroatoms. The first-order valence-electron chi connectivity index (χ1n) is 6.28. The number of hydrogen-bond donors (Lipinski definition) is 1. The molecule has 1 fully saturated rings. The molecule has 1 aliphatic rings. The van der Waals surface area contributed by atoms with Crippen molar-refractivity contribution in [3.8, 4) is 0 Å². The third kappa shape index (κ3) is 3.47. The summed E-state index contributed by atoms with van der Waals surface area (Å²) in [6, 6.07) is 10.1. The van der Waals surface area contributed by atoms with Gasteiger partial charge >= 0.3 is 0 Å². The Hall–Kier alpha value is -1.55. The monoisotopic (exact) mass is 246 g/mol. The number of β-amino-alcohol motifs (C(OH)–C–C–N with tert-alkyl or cyclic N) is 1. The number of hydrogen-bond acceptors (Lipinski definition) is 3. The number of benzene rings is 1. The molecule has 2 atom stereocenters. The van der Waals surface area contributed by atoms with Crippen LogP contribution < -0.4 is 0 Å². The van der Waals surface area contributed by atoms with Crippen molar-refractivity contribution in [3.63, 3.8) is 0 Å². The van der Waals surface area contributed by atoms with Crippen molar-refractivity contribution in [2.45, 2.75) is 25.0 Å². The van der Waals surface area contributed by atoms with E-state index in [0.29, 0.717) is 6.54 Å². The summed E-state index contributed by atoms with van der Waals surface area (Å²) in [6.45, 7) is 2.41. The lowest BCUT2D eigenvalue weighted by atomic mass is 10.0. The molecular weight excluding hydrogens is 228 g/mol.